The number of benzene rings is 1. The van der Waals surface area contributed by atoms with Gasteiger partial charge < -0.3 is 9.47 Å². The first-order valence-corrected chi connectivity index (χ1v) is 13.6. The summed E-state index contributed by atoms with van der Waals surface area (Å²) in [6, 6.07) is 9.53. The number of carbonyl (C=O) groups is 2. The smallest absolute Gasteiger partial charge is 0.306 e. The van der Waals surface area contributed by atoms with Gasteiger partial charge in [-0.15, -0.1) is 0 Å². The number of hydrogen-bond acceptors (Lipinski definition) is 4. The van der Waals surface area contributed by atoms with Gasteiger partial charge in [-0.2, -0.15) is 0 Å². The fraction of sp³-hybridized carbons (Fsp3) is 0.724. The molecular formula is C29H48O4. The van der Waals surface area contributed by atoms with Crippen LogP contribution in [0.25, 0.3) is 0 Å². The van der Waals surface area contributed by atoms with E-state index in [0.717, 1.165) is 18.4 Å². The molecule has 0 saturated heterocycles. The maximum Gasteiger partial charge on any atom is 0.306 e. The minimum Gasteiger partial charge on any atom is -0.466 e. The summed E-state index contributed by atoms with van der Waals surface area (Å²) in [5.41, 5.74) is 0.942. The van der Waals surface area contributed by atoms with Gasteiger partial charge in [0.2, 0.25) is 0 Å². The molecule has 0 aliphatic carbocycles. The van der Waals surface area contributed by atoms with Gasteiger partial charge in [0, 0.05) is 0 Å². The number of ether oxygens (including phenoxy) is 2. The van der Waals surface area contributed by atoms with Gasteiger partial charge >= 0.3 is 11.9 Å². The second kappa shape index (κ2) is 22.0. The molecule has 0 aromatic heterocycles. The Labute approximate surface area is 202 Å². The fourth-order valence-corrected chi connectivity index (χ4v) is 3.92. The van der Waals surface area contributed by atoms with E-state index in [1.807, 2.05) is 30.3 Å². The third-order valence-corrected chi connectivity index (χ3v) is 6.04. The van der Waals surface area contributed by atoms with E-state index in [0.29, 0.717) is 6.61 Å². The van der Waals surface area contributed by atoms with Crippen LogP contribution in [0.5, 0.6) is 0 Å². The average Bonchev–Trinajstić information content (AvgIpc) is 2.84. The molecular weight excluding hydrogens is 412 g/mol. The molecule has 0 amide bonds. The van der Waals surface area contributed by atoms with E-state index in [-0.39, 0.29) is 31.4 Å². The monoisotopic (exact) mass is 460 g/mol. The summed E-state index contributed by atoms with van der Waals surface area (Å²) in [6.07, 6.45) is 21.4. The van der Waals surface area contributed by atoms with Crippen LogP contribution in [-0.4, -0.2) is 18.5 Å². The Morgan fingerprint density at radius 2 is 1.00 bits per heavy atom. The van der Waals surface area contributed by atoms with E-state index < -0.39 is 0 Å². The minimum atomic E-state index is -0.363. The topological polar surface area (TPSA) is 52.6 Å². The molecule has 0 N–H and O–H groups in total. The predicted molar refractivity (Wildman–Crippen MR) is 136 cm³/mol. The zero-order valence-corrected chi connectivity index (χ0v) is 21.2. The molecule has 33 heavy (non-hydrogen) atoms. The van der Waals surface area contributed by atoms with E-state index in [1.165, 1.54) is 89.9 Å². The van der Waals surface area contributed by atoms with Crippen LogP contribution in [0.15, 0.2) is 30.3 Å². The van der Waals surface area contributed by atoms with Gasteiger partial charge in [0.05, 0.1) is 19.4 Å². The van der Waals surface area contributed by atoms with Gasteiger partial charge in [0.25, 0.3) is 0 Å². The maximum atomic E-state index is 11.8. The van der Waals surface area contributed by atoms with Crippen LogP contribution in [0.4, 0.5) is 0 Å². The van der Waals surface area contributed by atoms with E-state index in [2.05, 4.69) is 6.92 Å². The number of esters is 2. The van der Waals surface area contributed by atoms with E-state index >= 15 is 0 Å². The largest absolute Gasteiger partial charge is 0.466 e. The lowest BCUT2D eigenvalue weighted by Crippen LogP contribution is -2.11. The second-order valence-electron chi connectivity index (χ2n) is 9.17. The maximum absolute atomic E-state index is 11.8. The quantitative estimate of drug-likeness (QED) is 0.129. The van der Waals surface area contributed by atoms with Crippen molar-refractivity contribution in [2.45, 2.75) is 129 Å². The molecule has 0 aliphatic heterocycles. The predicted octanol–water partition coefficient (Wildman–Crippen LogP) is 8.31. The molecule has 1 aromatic carbocycles. The fourth-order valence-electron chi connectivity index (χ4n) is 3.92. The molecule has 0 bridgehead atoms. The van der Waals surface area contributed by atoms with Crippen molar-refractivity contribution in [3.05, 3.63) is 35.9 Å². The van der Waals surface area contributed by atoms with Crippen molar-refractivity contribution in [1.29, 1.82) is 0 Å². The lowest BCUT2D eigenvalue weighted by atomic mass is 10.0. The summed E-state index contributed by atoms with van der Waals surface area (Å²) in [4.78, 5) is 23.5. The third-order valence-electron chi connectivity index (χ3n) is 6.04. The Balaban J connectivity index is 1.79. The van der Waals surface area contributed by atoms with Crippen molar-refractivity contribution in [1.82, 2.24) is 0 Å². The SMILES string of the molecule is CCCCCCCCCCCCCCCCCCOC(=O)CCC(=O)OCc1ccccc1. The molecule has 188 valence electrons. The molecule has 4 nitrogen and oxygen atoms in total. The molecule has 4 heteroatoms. The standard InChI is InChI=1S/C29H48O4/c1-2-3-4-5-6-7-8-9-10-11-12-13-14-15-16-20-25-32-28(30)23-24-29(31)33-26-27-21-18-17-19-22-27/h17-19,21-22H,2-16,20,23-26H2,1H3. The molecule has 1 rings (SSSR count). The van der Waals surface area contributed by atoms with Crippen molar-refractivity contribution in [3.8, 4) is 0 Å². The number of unbranched alkanes of at least 4 members (excludes halogenated alkanes) is 15. The van der Waals surface area contributed by atoms with Gasteiger partial charge in [-0.25, -0.2) is 0 Å². The number of carbonyl (C=O) groups excluding carboxylic acids is 2. The van der Waals surface area contributed by atoms with Gasteiger partial charge in [-0.05, 0) is 12.0 Å². The molecule has 0 atom stereocenters. The molecule has 0 heterocycles. The Bertz CT molecular complexity index is 585. The van der Waals surface area contributed by atoms with E-state index in [1.54, 1.807) is 0 Å². The highest BCUT2D eigenvalue weighted by Crippen LogP contribution is 2.13. The van der Waals surface area contributed by atoms with Crippen LogP contribution in [0.2, 0.25) is 0 Å². The molecule has 0 aliphatic rings. The second-order valence-corrected chi connectivity index (χ2v) is 9.17. The first-order valence-electron chi connectivity index (χ1n) is 13.6. The van der Waals surface area contributed by atoms with E-state index in [4.69, 9.17) is 9.47 Å². The zero-order valence-electron chi connectivity index (χ0n) is 21.2. The van der Waals surface area contributed by atoms with Gasteiger partial charge in [0.15, 0.2) is 0 Å². The lowest BCUT2D eigenvalue weighted by molar-refractivity contribution is -0.151. The summed E-state index contributed by atoms with van der Waals surface area (Å²) in [5, 5.41) is 0. The lowest BCUT2D eigenvalue weighted by Gasteiger charge is -2.06. The molecule has 0 saturated carbocycles. The number of hydrogen-bond donors (Lipinski definition) is 0. The molecule has 1 aromatic rings. The Hall–Kier alpha value is -1.84. The highest BCUT2D eigenvalue weighted by atomic mass is 16.5. The van der Waals surface area contributed by atoms with Gasteiger partial charge in [0.1, 0.15) is 6.61 Å². The van der Waals surface area contributed by atoms with Crippen LogP contribution in [-0.2, 0) is 25.7 Å². The first-order chi connectivity index (χ1) is 16.2. The minimum absolute atomic E-state index is 0.0740. The Morgan fingerprint density at radius 1 is 0.576 bits per heavy atom. The normalized spacial score (nSPS) is 10.8. The highest BCUT2D eigenvalue weighted by molar-refractivity contribution is 5.77. The first kappa shape index (κ1) is 29.2. The summed E-state index contributed by atoms with van der Waals surface area (Å²) in [6.45, 7) is 2.97. The van der Waals surface area contributed by atoms with Crippen molar-refractivity contribution < 1.29 is 19.1 Å². The molecule has 0 radical (unpaired) electrons. The van der Waals surface area contributed by atoms with Gasteiger partial charge in [-0.3, -0.25) is 9.59 Å². The van der Waals surface area contributed by atoms with Crippen LogP contribution < -0.4 is 0 Å². The van der Waals surface area contributed by atoms with E-state index in [9.17, 15) is 9.59 Å². The third kappa shape index (κ3) is 19.3. The van der Waals surface area contributed by atoms with Crippen molar-refractivity contribution in [2.24, 2.45) is 0 Å². The molecule has 0 spiro atoms. The van der Waals surface area contributed by atoms with Crippen molar-refractivity contribution in [2.75, 3.05) is 6.61 Å². The molecule has 0 unspecified atom stereocenters. The van der Waals surface area contributed by atoms with Crippen LogP contribution in [0.1, 0.15) is 128 Å². The average molecular weight is 461 g/mol. The number of rotatable bonds is 22. The van der Waals surface area contributed by atoms with Crippen LogP contribution in [0.3, 0.4) is 0 Å². The summed E-state index contributed by atoms with van der Waals surface area (Å²) < 4.78 is 10.4. The Morgan fingerprint density at radius 3 is 1.48 bits per heavy atom. The van der Waals surface area contributed by atoms with Gasteiger partial charge in [-0.1, -0.05) is 134 Å². The summed E-state index contributed by atoms with van der Waals surface area (Å²) in [7, 11) is 0. The van der Waals surface area contributed by atoms with Crippen LogP contribution in [0, 0.1) is 0 Å². The summed E-state index contributed by atoms with van der Waals surface area (Å²) in [5.74, 6) is -0.675. The van der Waals surface area contributed by atoms with Crippen LogP contribution >= 0.6 is 0 Å². The molecule has 0 fully saturated rings. The summed E-state index contributed by atoms with van der Waals surface area (Å²) >= 11 is 0. The van der Waals surface area contributed by atoms with Crippen molar-refractivity contribution in [3.63, 3.8) is 0 Å². The zero-order chi connectivity index (χ0) is 23.8. The van der Waals surface area contributed by atoms with Crippen molar-refractivity contribution >= 4 is 11.9 Å². The Kier molecular flexibility index (Phi) is 19.4. The highest BCUT2D eigenvalue weighted by Gasteiger charge is 2.09.